The van der Waals surface area contributed by atoms with E-state index >= 15 is 0 Å². The topological polar surface area (TPSA) is 128 Å². The number of nitrogens with two attached hydrogens (primary N) is 1. The highest BCUT2D eigenvalue weighted by Gasteiger charge is 2.41. The quantitative estimate of drug-likeness (QED) is 0.428. The van der Waals surface area contributed by atoms with E-state index in [0.717, 1.165) is 54.3 Å². The number of H-pyrrole nitrogens is 1. The van der Waals surface area contributed by atoms with Gasteiger partial charge in [-0.25, -0.2) is 18.4 Å². The molecule has 2 aliphatic heterocycles. The summed E-state index contributed by atoms with van der Waals surface area (Å²) < 4.78 is 27.6. The predicted molar refractivity (Wildman–Crippen MR) is 135 cm³/mol. The summed E-state index contributed by atoms with van der Waals surface area (Å²) in [6.07, 6.45) is 9.06. The maximum absolute atomic E-state index is 13.0. The molecule has 2 aromatic heterocycles. The Balaban J connectivity index is 1.36. The molecule has 0 radical (unpaired) electrons. The molecule has 2 aromatic rings. The van der Waals surface area contributed by atoms with E-state index in [1.54, 1.807) is 10.5 Å². The van der Waals surface area contributed by atoms with Crippen LogP contribution < -0.4 is 16.4 Å². The minimum absolute atomic E-state index is 0.232. The Bertz CT molecular complexity index is 1250. The number of hydrogen-bond acceptors (Lipinski definition) is 7. The number of halogens is 1. The lowest BCUT2D eigenvalue weighted by Crippen LogP contribution is -2.56. The van der Waals surface area contributed by atoms with Crippen molar-refractivity contribution in [3.8, 4) is 0 Å². The van der Waals surface area contributed by atoms with Gasteiger partial charge in [-0.1, -0.05) is 31.4 Å². The molecule has 1 atom stereocenters. The highest BCUT2D eigenvalue weighted by atomic mass is 35.5. The molecule has 0 aromatic carbocycles. The first kappa shape index (κ1) is 23.6. The van der Waals surface area contributed by atoms with Crippen molar-refractivity contribution in [2.75, 3.05) is 25.4 Å². The summed E-state index contributed by atoms with van der Waals surface area (Å²) >= 11 is 6.17. The van der Waals surface area contributed by atoms with E-state index in [2.05, 4.69) is 27.5 Å². The van der Waals surface area contributed by atoms with E-state index in [1.807, 2.05) is 12.3 Å². The van der Waals surface area contributed by atoms with E-state index in [4.69, 9.17) is 22.3 Å². The number of rotatable bonds is 7. The van der Waals surface area contributed by atoms with Crippen LogP contribution in [0.3, 0.4) is 0 Å². The third-order valence-corrected chi connectivity index (χ3v) is 9.35. The summed E-state index contributed by atoms with van der Waals surface area (Å²) in [4.78, 5) is 12.4. The van der Waals surface area contributed by atoms with Gasteiger partial charge in [0.25, 0.3) is 0 Å². The molecule has 184 valence electrons. The van der Waals surface area contributed by atoms with Crippen molar-refractivity contribution >= 4 is 38.5 Å². The second kappa shape index (κ2) is 9.14. The molecule has 1 aliphatic carbocycles. The SMILES string of the molecule is CCC1=C(N[C@]2(N)CCN(S(=O)(=O)CC3CCCC3)C2)N=C(c2c[nH]c3ncc(Cl)cc23)NC1. The first-order valence-electron chi connectivity index (χ1n) is 12.0. The largest absolute Gasteiger partial charge is 0.366 e. The molecule has 2 fully saturated rings. The second-order valence-corrected chi connectivity index (χ2v) is 12.1. The average molecular weight is 506 g/mol. The van der Waals surface area contributed by atoms with Crippen LogP contribution in [0.4, 0.5) is 0 Å². The Hall–Kier alpha value is -2.14. The number of aromatic amines is 1. The third-order valence-electron chi connectivity index (χ3n) is 7.15. The van der Waals surface area contributed by atoms with Gasteiger partial charge in [0.05, 0.1) is 17.3 Å². The molecule has 5 N–H and O–H groups in total. The molecule has 9 nitrogen and oxygen atoms in total. The maximum Gasteiger partial charge on any atom is 0.214 e. The molecule has 1 saturated carbocycles. The summed E-state index contributed by atoms with van der Waals surface area (Å²) in [5.74, 6) is 1.91. The lowest BCUT2D eigenvalue weighted by molar-refractivity contribution is 0.367. The summed E-state index contributed by atoms with van der Waals surface area (Å²) in [6, 6.07) is 1.86. The van der Waals surface area contributed by atoms with Crippen LogP contribution in [-0.2, 0) is 10.0 Å². The molecule has 1 saturated heterocycles. The van der Waals surface area contributed by atoms with Gasteiger partial charge in [-0.2, -0.15) is 4.31 Å². The molecule has 11 heteroatoms. The molecule has 4 heterocycles. The zero-order chi connectivity index (χ0) is 23.9. The minimum atomic E-state index is -3.32. The van der Waals surface area contributed by atoms with Gasteiger partial charge in [0.2, 0.25) is 10.0 Å². The summed E-state index contributed by atoms with van der Waals surface area (Å²) in [6.45, 7) is 3.37. The standard InChI is InChI=1S/C23H32ClN7O2S/c1-2-16-10-26-22(19-12-28-21-18(19)9-17(24)11-27-21)29-20(16)30-23(25)7-8-31(14-23)34(32,33)13-15-5-3-4-6-15/h9,11-12,15,30H,2-8,10,13-14,25H2,1H3,(H,26,29)(H,27,28)/t23-/m1/s1. The number of aromatic nitrogens is 2. The number of hydrogen-bond donors (Lipinski definition) is 4. The number of aliphatic imine (C=N–C) groups is 1. The fourth-order valence-electron chi connectivity index (χ4n) is 5.20. The van der Waals surface area contributed by atoms with E-state index in [-0.39, 0.29) is 18.2 Å². The lowest BCUT2D eigenvalue weighted by atomic mass is 10.1. The summed E-state index contributed by atoms with van der Waals surface area (Å²) in [5.41, 5.74) is 8.54. The van der Waals surface area contributed by atoms with Gasteiger partial charge < -0.3 is 21.4 Å². The fourth-order valence-corrected chi connectivity index (χ4v) is 7.29. The van der Waals surface area contributed by atoms with Crippen LogP contribution in [0.25, 0.3) is 11.0 Å². The van der Waals surface area contributed by atoms with Crippen LogP contribution >= 0.6 is 11.6 Å². The van der Waals surface area contributed by atoms with Gasteiger partial charge in [0.1, 0.15) is 23.0 Å². The second-order valence-electron chi connectivity index (χ2n) is 9.67. The molecule has 0 spiro atoms. The van der Waals surface area contributed by atoms with Crippen molar-refractivity contribution in [2.45, 2.75) is 51.1 Å². The van der Waals surface area contributed by atoms with Crippen LogP contribution in [0.5, 0.6) is 0 Å². The number of amidine groups is 1. The van der Waals surface area contributed by atoms with E-state index in [0.29, 0.717) is 36.2 Å². The van der Waals surface area contributed by atoms with Crippen LogP contribution in [0.2, 0.25) is 5.02 Å². The van der Waals surface area contributed by atoms with Crippen molar-refractivity contribution in [1.29, 1.82) is 0 Å². The first-order chi connectivity index (χ1) is 16.3. The van der Waals surface area contributed by atoms with Crippen molar-refractivity contribution in [3.05, 3.63) is 40.4 Å². The molecule has 3 aliphatic rings. The van der Waals surface area contributed by atoms with Crippen molar-refractivity contribution in [3.63, 3.8) is 0 Å². The highest BCUT2D eigenvalue weighted by molar-refractivity contribution is 7.89. The third kappa shape index (κ3) is 4.68. The fraction of sp³-hybridized carbons (Fsp3) is 0.565. The number of fused-ring (bicyclic) bond motifs is 1. The van der Waals surface area contributed by atoms with Gasteiger partial charge >= 0.3 is 0 Å². The molecule has 0 unspecified atom stereocenters. The van der Waals surface area contributed by atoms with E-state index in [1.165, 1.54) is 0 Å². The number of sulfonamides is 1. The Kier molecular flexibility index (Phi) is 6.34. The zero-order valence-corrected chi connectivity index (χ0v) is 21.0. The summed E-state index contributed by atoms with van der Waals surface area (Å²) in [5, 5.41) is 8.24. The average Bonchev–Trinajstić information content (AvgIpc) is 3.54. The van der Waals surface area contributed by atoms with Crippen molar-refractivity contribution in [1.82, 2.24) is 24.9 Å². The predicted octanol–water partition coefficient (Wildman–Crippen LogP) is 2.66. The van der Waals surface area contributed by atoms with Gasteiger partial charge in [0.15, 0.2) is 0 Å². The Labute approximate surface area is 205 Å². The molecular weight excluding hydrogens is 474 g/mol. The zero-order valence-electron chi connectivity index (χ0n) is 19.4. The van der Waals surface area contributed by atoms with Gasteiger partial charge in [-0.3, -0.25) is 0 Å². The normalized spacial score (nSPS) is 24.6. The number of nitrogens with zero attached hydrogens (tertiary/aromatic N) is 3. The Morgan fingerprint density at radius 1 is 1.35 bits per heavy atom. The molecular formula is C23H32ClN7O2S. The molecule has 0 amide bonds. The van der Waals surface area contributed by atoms with Gasteiger partial charge in [-0.15, -0.1) is 0 Å². The molecule has 34 heavy (non-hydrogen) atoms. The van der Waals surface area contributed by atoms with Gasteiger partial charge in [0, 0.05) is 36.4 Å². The maximum atomic E-state index is 13.0. The van der Waals surface area contributed by atoms with Crippen LogP contribution in [0.15, 0.2) is 34.8 Å². The first-order valence-corrected chi connectivity index (χ1v) is 14.0. The Morgan fingerprint density at radius 3 is 2.91 bits per heavy atom. The highest BCUT2D eigenvalue weighted by Crippen LogP contribution is 2.30. The molecule has 0 bridgehead atoms. The van der Waals surface area contributed by atoms with Gasteiger partial charge in [-0.05, 0) is 43.2 Å². The van der Waals surface area contributed by atoms with Crippen LogP contribution in [0, 0.1) is 5.92 Å². The smallest absolute Gasteiger partial charge is 0.214 e. The lowest BCUT2D eigenvalue weighted by Gasteiger charge is -2.30. The minimum Gasteiger partial charge on any atom is -0.366 e. The monoisotopic (exact) mass is 505 g/mol. The van der Waals surface area contributed by atoms with Crippen LogP contribution in [-0.4, -0.2) is 59.6 Å². The number of pyridine rings is 1. The van der Waals surface area contributed by atoms with Crippen LogP contribution in [0.1, 0.15) is 51.0 Å². The van der Waals surface area contributed by atoms with E-state index < -0.39 is 15.7 Å². The van der Waals surface area contributed by atoms with Crippen molar-refractivity contribution in [2.24, 2.45) is 16.6 Å². The summed E-state index contributed by atoms with van der Waals surface area (Å²) in [7, 11) is -3.32. The Morgan fingerprint density at radius 2 is 2.15 bits per heavy atom. The number of nitrogens with one attached hydrogen (secondary N) is 3. The van der Waals surface area contributed by atoms with Crippen molar-refractivity contribution < 1.29 is 8.42 Å². The van der Waals surface area contributed by atoms with E-state index in [9.17, 15) is 8.42 Å². The molecule has 5 rings (SSSR count).